The van der Waals surface area contributed by atoms with E-state index in [1.54, 1.807) is 5.38 Å². The molecular weight excluding hydrogens is 354 g/mol. The van der Waals surface area contributed by atoms with Crippen LogP contribution in [0.3, 0.4) is 0 Å². The molecule has 0 aliphatic carbocycles. The lowest BCUT2D eigenvalue weighted by atomic mass is 10.2. The van der Waals surface area contributed by atoms with Crippen LogP contribution in [0.4, 0.5) is 0 Å². The Morgan fingerprint density at radius 3 is 2.62 bits per heavy atom. The van der Waals surface area contributed by atoms with Crippen molar-refractivity contribution in [3.63, 3.8) is 0 Å². The number of allylic oxidation sites excluding steroid dienone is 1. The molecule has 10 heteroatoms. The van der Waals surface area contributed by atoms with E-state index in [1.165, 1.54) is 30.7 Å². The molecule has 0 saturated carbocycles. The Labute approximate surface area is 145 Å². The summed E-state index contributed by atoms with van der Waals surface area (Å²) in [5.41, 5.74) is -0.433. The van der Waals surface area contributed by atoms with Crippen molar-refractivity contribution in [3.8, 4) is 0 Å². The van der Waals surface area contributed by atoms with Crippen LogP contribution in [-0.2, 0) is 24.5 Å². The van der Waals surface area contributed by atoms with E-state index in [4.69, 9.17) is 9.47 Å². The van der Waals surface area contributed by atoms with Gasteiger partial charge in [0.15, 0.2) is 0 Å². The Hall–Kier alpha value is -1.78. The molecular formula is C14H19N3O5S2. The first-order valence-electron chi connectivity index (χ1n) is 7.10. The molecule has 0 bridgehead atoms. The zero-order valence-corrected chi connectivity index (χ0v) is 15.5. The smallest absolute Gasteiger partial charge is 0.355 e. The van der Waals surface area contributed by atoms with E-state index in [1.807, 2.05) is 20.8 Å². The zero-order chi connectivity index (χ0) is 18.0. The number of ether oxygens (including phenoxy) is 2. The number of hydrogen-bond donors (Lipinski definition) is 0. The summed E-state index contributed by atoms with van der Waals surface area (Å²) in [6.45, 7) is 5.63. The Morgan fingerprint density at radius 2 is 2.08 bits per heavy atom. The molecule has 2 rings (SSSR count). The highest BCUT2D eigenvalue weighted by Gasteiger charge is 2.34. The number of methoxy groups -OCH3 is 1. The van der Waals surface area contributed by atoms with Crippen LogP contribution in [-0.4, -0.2) is 55.3 Å². The Balaban J connectivity index is 2.33. The first kappa shape index (κ1) is 18.6. The molecule has 2 heterocycles. The minimum absolute atomic E-state index is 0.0464. The molecule has 0 fully saturated rings. The van der Waals surface area contributed by atoms with Crippen LogP contribution in [0.15, 0.2) is 27.7 Å². The highest BCUT2D eigenvalue weighted by molar-refractivity contribution is 7.88. The van der Waals surface area contributed by atoms with Gasteiger partial charge in [-0.2, -0.15) is 8.42 Å². The number of nitrogens with zero attached hydrogens (tertiary/aromatic N) is 3. The summed E-state index contributed by atoms with van der Waals surface area (Å²) in [5.74, 6) is -0.765. The van der Waals surface area contributed by atoms with Crippen LogP contribution >= 0.6 is 11.3 Å². The van der Waals surface area contributed by atoms with Gasteiger partial charge in [-0.15, -0.1) is 15.7 Å². The third-order valence-corrected chi connectivity index (χ3v) is 5.07. The molecule has 0 aromatic carbocycles. The van der Waals surface area contributed by atoms with Gasteiger partial charge in [0.1, 0.15) is 16.4 Å². The summed E-state index contributed by atoms with van der Waals surface area (Å²) in [5, 5.41) is 2.10. The molecule has 1 aliphatic rings. The summed E-state index contributed by atoms with van der Waals surface area (Å²) >= 11 is 1.23. The van der Waals surface area contributed by atoms with E-state index in [0.717, 1.165) is 4.31 Å². The Kier molecular flexibility index (Phi) is 5.41. The summed E-state index contributed by atoms with van der Waals surface area (Å²) in [6, 6.07) is 0. The van der Waals surface area contributed by atoms with E-state index in [9.17, 15) is 13.2 Å². The van der Waals surface area contributed by atoms with E-state index in [2.05, 4.69) is 9.38 Å². The SMILES string of the molecule is COC(=O)C1=CC(c2nccs2)=NS(=O)(=O)N1CCOC(C)(C)C. The molecule has 0 spiro atoms. The number of thiazole rings is 1. The van der Waals surface area contributed by atoms with Gasteiger partial charge in [0, 0.05) is 11.6 Å². The van der Waals surface area contributed by atoms with Crippen molar-refractivity contribution >= 4 is 33.2 Å². The molecule has 132 valence electrons. The summed E-state index contributed by atoms with van der Waals surface area (Å²) in [4.78, 5) is 16.1. The van der Waals surface area contributed by atoms with Crippen LogP contribution in [0.5, 0.6) is 0 Å². The largest absolute Gasteiger partial charge is 0.464 e. The molecule has 24 heavy (non-hydrogen) atoms. The van der Waals surface area contributed by atoms with Crippen LogP contribution in [0.25, 0.3) is 0 Å². The maximum absolute atomic E-state index is 12.5. The number of hydrogen-bond acceptors (Lipinski definition) is 7. The van der Waals surface area contributed by atoms with E-state index in [-0.39, 0.29) is 24.6 Å². The van der Waals surface area contributed by atoms with Gasteiger partial charge in [0.25, 0.3) is 0 Å². The number of aromatic nitrogens is 1. The van der Waals surface area contributed by atoms with Gasteiger partial charge in [-0.3, -0.25) is 0 Å². The molecule has 8 nitrogen and oxygen atoms in total. The summed E-state index contributed by atoms with van der Waals surface area (Å²) < 4.78 is 39.8. The number of esters is 1. The van der Waals surface area contributed by atoms with Crippen LogP contribution in [0.2, 0.25) is 0 Å². The summed E-state index contributed by atoms with van der Waals surface area (Å²) in [6.07, 6.45) is 2.90. The molecule has 0 amide bonds. The first-order valence-corrected chi connectivity index (χ1v) is 9.38. The second kappa shape index (κ2) is 6.99. The monoisotopic (exact) mass is 373 g/mol. The molecule has 1 aromatic rings. The third-order valence-electron chi connectivity index (χ3n) is 2.91. The molecule has 0 N–H and O–H groups in total. The van der Waals surface area contributed by atoms with Crippen molar-refractivity contribution in [2.24, 2.45) is 4.40 Å². The number of carbonyl (C=O) groups is 1. The van der Waals surface area contributed by atoms with Gasteiger partial charge >= 0.3 is 16.2 Å². The maximum Gasteiger partial charge on any atom is 0.355 e. The minimum Gasteiger partial charge on any atom is -0.464 e. The second-order valence-corrected chi connectivity index (χ2v) is 8.26. The van der Waals surface area contributed by atoms with Crippen molar-refractivity contribution in [2.45, 2.75) is 26.4 Å². The van der Waals surface area contributed by atoms with Crippen molar-refractivity contribution < 1.29 is 22.7 Å². The van der Waals surface area contributed by atoms with Crippen molar-refractivity contribution in [1.29, 1.82) is 0 Å². The molecule has 0 unspecified atom stereocenters. The quantitative estimate of drug-likeness (QED) is 0.723. The fourth-order valence-electron chi connectivity index (χ4n) is 1.91. The third kappa shape index (κ3) is 4.40. The predicted molar refractivity (Wildman–Crippen MR) is 90.1 cm³/mol. The number of carbonyl (C=O) groups excluding carboxylic acids is 1. The second-order valence-electron chi connectivity index (χ2n) is 5.85. The first-order chi connectivity index (χ1) is 11.1. The van der Waals surface area contributed by atoms with Crippen LogP contribution < -0.4 is 0 Å². The normalized spacial score (nSPS) is 17.2. The lowest BCUT2D eigenvalue weighted by Crippen LogP contribution is -2.39. The fourth-order valence-corrected chi connectivity index (χ4v) is 3.74. The molecule has 1 aliphatic heterocycles. The van der Waals surface area contributed by atoms with Crippen molar-refractivity contribution in [3.05, 3.63) is 28.4 Å². The van der Waals surface area contributed by atoms with Gasteiger partial charge in [0.05, 0.1) is 25.9 Å². The van der Waals surface area contributed by atoms with Gasteiger partial charge in [-0.25, -0.2) is 14.1 Å². The zero-order valence-electron chi connectivity index (χ0n) is 13.8. The van der Waals surface area contributed by atoms with Crippen molar-refractivity contribution in [2.75, 3.05) is 20.3 Å². The Bertz CT molecular complexity index is 761. The standard InChI is InChI=1S/C14H19N3O5S2/c1-14(2,3)22-7-6-17-11(13(18)21-4)9-10(16-24(17,19)20)12-15-5-8-23-12/h5,8-9H,6-7H2,1-4H3. The van der Waals surface area contributed by atoms with Crippen LogP contribution in [0, 0.1) is 0 Å². The van der Waals surface area contributed by atoms with Gasteiger partial charge in [0.2, 0.25) is 0 Å². The van der Waals surface area contributed by atoms with Gasteiger partial charge in [-0.05, 0) is 26.8 Å². The van der Waals surface area contributed by atoms with Gasteiger partial charge in [-0.1, -0.05) is 0 Å². The predicted octanol–water partition coefficient (Wildman–Crippen LogP) is 1.36. The lowest BCUT2D eigenvalue weighted by molar-refractivity contribution is -0.137. The minimum atomic E-state index is -4.08. The van der Waals surface area contributed by atoms with E-state index in [0.29, 0.717) is 5.01 Å². The lowest BCUT2D eigenvalue weighted by Gasteiger charge is -2.27. The molecule has 0 radical (unpaired) electrons. The maximum atomic E-state index is 12.5. The summed E-state index contributed by atoms with van der Waals surface area (Å²) in [7, 11) is -2.89. The van der Waals surface area contributed by atoms with Gasteiger partial charge < -0.3 is 9.47 Å². The van der Waals surface area contributed by atoms with E-state index < -0.39 is 21.8 Å². The highest BCUT2D eigenvalue weighted by atomic mass is 32.2. The fraction of sp³-hybridized carbons (Fsp3) is 0.500. The van der Waals surface area contributed by atoms with E-state index >= 15 is 0 Å². The van der Waals surface area contributed by atoms with Crippen LogP contribution in [0.1, 0.15) is 25.8 Å². The number of rotatable bonds is 5. The Morgan fingerprint density at radius 1 is 1.38 bits per heavy atom. The average molecular weight is 373 g/mol. The topological polar surface area (TPSA) is 98.2 Å². The molecule has 0 atom stereocenters. The van der Waals surface area contributed by atoms with Crippen molar-refractivity contribution in [1.82, 2.24) is 9.29 Å². The highest BCUT2D eigenvalue weighted by Crippen LogP contribution is 2.23. The molecule has 0 saturated heterocycles. The molecule has 1 aromatic heterocycles. The average Bonchev–Trinajstić information content (AvgIpc) is 3.00.